The van der Waals surface area contributed by atoms with Crippen LogP contribution in [0.25, 0.3) is 0 Å². The van der Waals surface area contributed by atoms with E-state index in [9.17, 15) is 25.2 Å². The van der Waals surface area contributed by atoms with Crippen LogP contribution < -0.4 is 5.63 Å². The van der Waals surface area contributed by atoms with E-state index in [1.54, 1.807) is 6.07 Å². The van der Waals surface area contributed by atoms with Gasteiger partial charge in [0.25, 0.3) is 0 Å². The Morgan fingerprint density at radius 3 is 2.43 bits per heavy atom. The van der Waals surface area contributed by atoms with E-state index in [-0.39, 0.29) is 23.4 Å². The number of rotatable bonds is 1. The van der Waals surface area contributed by atoms with Gasteiger partial charge < -0.3 is 24.8 Å². The fourth-order valence-electron chi connectivity index (χ4n) is 8.40. The minimum atomic E-state index is -1.00. The van der Waals surface area contributed by atoms with Crippen molar-refractivity contribution in [3.8, 4) is 0 Å². The highest BCUT2D eigenvalue weighted by atomic mass is 16.4. The Morgan fingerprint density at radius 2 is 1.73 bits per heavy atom. The summed E-state index contributed by atoms with van der Waals surface area (Å²) in [7, 11) is 0. The van der Waals surface area contributed by atoms with Crippen LogP contribution in [-0.2, 0) is 0 Å². The van der Waals surface area contributed by atoms with Crippen LogP contribution in [0.2, 0.25) is 0 Å². The molecule has 6 nitrogen and oxygen atoms in total. The average Bonchev–Trinajstić information content (AvgIpc) is 2.94. The molecule has 30 heavy (non-hydrogen) atoms. The lowest BCUT2D eigenvalue weighted by atomic mass is 9.41. The minimum absolute atomic E-state index is 0.00393. The van der Waals surface area contributed by atoms with E-state index in [4.69, 9.17) is 4.42 Å². The average molecular weight is 419 g/mol. The van der Waals surface area contributed by atoms with Crippen LogP contribution in [0.15, 0.2) is 27.6 Å². The van der Waals surface area contributed by atoms with Gasteiger partial charge in [0.15, 0.2) is 0 Å². The molecule has 4 saturated carbocycles. The first-order valence-electron chi connectivity index (χ1n) is 11.4. The molecule has 5 rings (SSSR count). The summed E-state index contributed by atoms with van der Waals surface area (Å²) in [6.07, 6.45) is 5.03. The molecule has 0 bridgehead atoms. The van der Waals surface area contributed by atoms with Crippen LogP contribution in [-0.4, -0.2) is 43.8 Å². The smallest absolute Gasteiger partial charge is 0.335 e. The molecule has 0 aliphatic heterocycles. The van der Waals surface area contributed by atoms with Crippen LogP contribution in [0.4, 0.5) is 0 Å². The van der Waals surface area contributed by atoms with Gasteiger partial charge in [-0.1, -0.05) is 13.8 Å². The fraction of sp³-hybridized carbons (Fsp3) is 0.792. The molecule has 0 spiro atoms. The van der Waals surface area contributed by atoms with Crippen molar-refractivity contribution in [1.82, 2.24) is 0 Å². The van der Waals surface area contributed by atoms with Gasteiger partial charge in [0.1, 0.15) is 0 Å². The van der Waals surface area contributed by atoms with E-state index in [2.05, 4.69) is 13.8 Å². The first-order chi connectivity index (χ1) is 14.0. The van der Waals surface area contributed by atoms with Crippen LogP contribution in [0, 0.1) is 22.7 Å². The van der Waals surface area contributed by atoms with Gasteiger partial charge in [0, 0.05) is 23.3 Å². The predicted molar refractivity (Wildman–Crippen MR) is 110 cm³/mol. The highest BCUT2D eigenvalue weighted by molar-refractivity contribution is 5.28. The molecule has 0 unspecified atom stereocenters. The SMILES string of the molecule is C[C@]12CC[C@H](O)C[C@@]1(O)CC[C@@H]1[C@@H]2[C@H](O)C[C@]2(C)[C@@H](c3ccc(=O)oc3)CC[C@]12O. The van der Waals surface area contributed by atoms with Gasteiger partial charge >= 0.3 is 5.63 Å². The van der Waals surface area contributed by atoms with Gasteiger partial charge in [-0.2, -0.15) is 0 Å². The third-order valence-electron chi connectivity index (χ3n) is 10.0. The molecule has 1 aromatic heterocycles. The number of aliphatic hydroxyl groups excluding tert-OH is 2. The predicted octanol–water partition coefficient (Wildman–Crippen LogP) is 2.33. The molecule has 4 aliphatic rings. The van der Waals surface area contributed by atoms with Gasteiger partial charge in [-0.25, -0.2) is 4.79 Å². The van der Waals surface area contributed by atoms with Crippen LogP contribution in [0.1, 0.15) is 76.7 Å². The van der Waals surface area contributed by atoms with E-state index < -0.39 is 34.2 Å². The van der Waals surface area contributed by atoms with Gasteiger partial charge in [-0.3, -0.25) is 0 Å². The summed E-state index contributed by atoms with van der Waals surface area (Å²) >= 11 is 0. The molecule has 0 aromatic carbocycles. The van der Waals surface area contributed by atoms with Gasteiger partial charge in [-0.15, -0.1) is 0 Å². The minimum Gasteiger partial charge on any atom is -0.431 e. The largest absolute Gasteiger partial charge is 0.431 e. The van der Waals surface area contributed by atoms with Crippen molar-refractivity contribution in [2.75, 3.05) is 0 Å². The standard InChI is InChI=1S/C24H34O6/c1-21-8-5-15(25)11-23(21,28)9-6-17-20(21)18(26)12-22(2)16(7-10-24(17,22)29)14-3-4-19(27)30-13-14/h3-4,13,15-18,20,25-26,28-29H,5-12H2,1-2H3/t15-,16+,17+,18+,20+,21+,22+,23-,24-/m0/s1. The van der Waals surface area contributed by atoms with Crippen LogP contribution in [0.5, 0.6) is 0 Å². The van der Waals surface area contributed by atoms with E-state index in [1.165, 1.54) is 12.3 Å². The lowest BCUT2D eigenvalue weighted by molar-refractivity contribution is -0.278. The van der Waals surface area contributed by atoms with Crippen molar-refractivity contribution in [3.05, 3.63) is 34.4 Å². The molecule has 6 heteroatoms. The Morgan fingerprint density at radius 1 is 0.967 bits per heavy atom. The Hall–Kier alpha value is -1.21. The molecule has 166 valence electrons. The Kier molecular flexibility index (Phi) is 4.42. The van der Waals surface area contributed by atoms with Gasteiger partial charge in [-0.05, 0) is 74.3 Å². The second-order valence-corrected chi connectivity index (χ2v) is 11.1. The number of hydrogen-bond acceptors (Lipinski definition) is 6. The summed E-state index contributed by atoms with van der Waals surface area (Å²) in [5, 5.41) is 45.4. The summed E-state index contributed by atoms with van der Waals surface area (Å²) in [6, 6.07) is 3.21. The molecule has 0 saturated heterocycles. The quantitative estimate of drug-likeness (QED) is 0.557. The lowest BCUT2D eigenvalue weighted by Gasteiger charge is -2.67. The topological polar surface area (TPSA) is 111 Å². The summed E-state index contributed by atoms with van der Waals surface area (Å²) in [4.78, 5) is 11.4. The summed E-state index contributed by atoms with van der Waals surface area (Å²) < 4.78 is 5.12. The maximum atomic E-state index is 12.2. The summed E-state index contributed by atoms with van der Waals surface area (Å²) in [6.45, 7) is 4.13. The normalized spacial score (nSPS) is 52.9. The third-order valence-corrected chi connectivity index (χ3v) is 10.0. The van der Waals surface area contributed by atoms with Crippen molar-refractivity contribution >= 4 is 0 Å². The zero-order chi connectivity index (χ0) is 21.5. The third kappa shape index (κ3) is 2.48. The monoisotopic (exact) mass is 418 g/mol. The Labute approximate surface area is 176 Å². The highest BCUT2D eigenvalue weighted by Gasteiger charge is 2.72. The summed E-state index contributed by atoms with van der Waals surface area (Å²) in [5.41, 5.74) is -2.50. The van der Waals surface area contributed by atoms with Crippen molar-refractivity contribution in [2.24, 2.45) is 22.7 Å². The van der Waals surface area contributed by atoms with E-state index in [0.717, 1.165) is 12.0 Å². The molecule has 9 atom stereocenters. The lowest BCUT2D eigenvalue weighted by Crippen LogP contribution is -2.70. The molecule has 0 amide bonds. The maximum absolute atomic E-state index is 12.2. The van der Waals surface area contributed by atoms with Crippen LogP contribution in [0.3, 0.4) is 0 Å². The molecule has 4 fully saturated rings. The zero-order valence-electron chi connectivity index (χ0n) is 17.9. The van der Waals surface area contributed by atoms with Crippen molar-refractivity contribution in [1.29, 1.82) is 0 Å². The van der Waals surface area contributed by atoms with Crippen LogP contribution >= 0.6 is 0 Å². The van der Waals surface area contributed by atoms with Crippen molar-refractivity contribution < 1.29 is 24.8 Å². The molecule has 0 radical (unpaired) electrons. The number of hydrogen-bond donors (Lipinski definition) is 4. The second-order valence-electron chi connectivity index (χ2n) is 11.1. The molecule has 4 N–H and O–H groups in total. The van der Waals surface area contributed by atoms with E-state index in [1.807, 2.05) is 0 Å². The molecule has 4 aliphatic carbocycles. The molecular weight excluding hydrogens is 384 g/mol. The Balaban J connectivity index is 1.55. The molecule has 1 aromatic rings. The molecular formula is C24H34O6. The first-order valence-corrected chi connectivity index (χ1v) is 11.4. The van der Waals surface area contributed by atoms with E-state index >= 15 is 0 Å². The molecule has 1 heterocycles. The fourth-order valence-corrected chi connectivity index (χ4v) is 8.40. The Bertz CT molecular complexity index is 877. The second kappa shape index (κ2) is 6.41. The maximum Gasteiger partial charge on any atom is 0.335 e. The van der Waals surface area contributed by atoms with Crippen molar-refractivity contribution in [2.45, 2.75) is 94.5 Å². The highest BCUT2D eigenvalue weighted by Crippen LogP contribution is 2.71. The van der Waals surface area contributed by atoms with Crippen molar-refractivity contribution in [3.63, 3.8) is 0 Å². The van der Waals surface area contributed by atoms with E-state index in [0.29, 0.717) is 44.9 Å². The number of aliphatic hydroxyl groups is 4. The number of fused-ring (bicyclic) bond motifs is 5. The van der Waals surface area contributed by atoms with Gasteiger partial charge in [0.05, 0.1) is 29.7 Å². The van der Waals surface area contributed by atoms with Gasteiger partial charge in [0.2, 0.25) is 0 Å². The summed E-state index contributed by atoms with van der Waals surface area (Å²) in [5.74, 6) is -0.300. The zero-order valence-corrected chi connectivity index (χ0v) is 17.9. The first kappa shape index (κ1) is 20.7.